The Hall–Kier alpha value is -3.39. The van der Waals surface area contributed by atoms with Crippen molar-refractivity contribution in [2.24, 2.45) is 5.92 Å². The normalized spacial score (nSPS) is 23.4. The highest BCUT2D eigenvalue weighted by atomic mass is 16.5. The lowest BCUT2D eigenvalue weighted by atomic mass is 9.98. The summed E-state index contributed by atoms with van der Waals surface area (Å²) in [6.45, 7) is 1.31. The standard InChI is InChI=1S/C27H30N2O6/c30-25(31)14-19-15-34-12-11-29(19)26(32)17-9-10-18(13-17)28-27(33)35-16-24-22-7-3-1-5-20(22)21-6-2-4-8-23(21)24/h1-8,17-19,24H,9-16H2,(H,28,33)(H,30,31)/t17-,18+,19?/m1/s1. The van der Waals surface area contributed by atoms with Crippen molar-refractivity contribution in [1.82, 2.24) is 10.2 Å². The van der Waals surface area contributed by atoms with Gasteiger partial charge in [-0.3, -0.25) is 9.59 Å². The number of fused-ring (bicyclic) bond motifs is 3. The molecule has 5 rings (SSSR count). The number of carboxylic acid groups (broad SMARTS) is 1. The molecule has 8 heteroatoms. The highest BCUT2D eigenvalue weighted by Crippen LogP contribution is 2.44. The van der Waals surface area contributed by atoms with Crippen LogP contribution in [0.2, 0.25) is 0 Å². The number of morpholine rings is 1. The third kappa shape index (κ3) is 4.89. The first-order chi connectivity index (χ1) is 17.0. The van der Waals surface area contributed by atoms with Crippen LogP contribution in [0, 0.1) is 5.92 Å². The maximum Gasteiger partial charge on any atom is 0.407 e. The van der Waals surface area contributed by atoms with Crippen LogP contribution in [-0.2, 0) is 19.1 Å². The third-order valence-electron chi connectivity index (χ3n) is 7.37. The summed E-state index contributed by atoms with van der Waals surface area (Å²) in [4.78, 5) is 38.5. The van der Waals surface area contributed by atoms with Crippen molar-refractivity contribution < 1.29 is 29.0 Å². The van der Waals surface area contributed by atoms with Gasteiger partial charge in [-0.1, -0.05) is 48.5 Å². The Morgan fingerprint density at radius 3 is 2.40 bits per heavy atom. The van der Waals surface area contributed by atoms with Gasteiger partial charge >= 0.3 is 12.1 Å². The number of carboxylic acids is 1. The van der Waals surface area contributed by atoms with Gasteiger partial charge in [0.25, 0.3) is 0 Å². The minimum atomic E-state index is -0.945. The molecule has 1 unspecified atom stereocenters. The zero-order valence-corrected chi connectivity index (χ0v) is 19.5. The highest BCUT2D eigenvalue weighted by molar-refractivity contribution is 5.81. The quantitative estimate of drug-likeness (QED) is 0.659. The van der Waals surface area contributed by atoms with E-state index in [2.05, 4.69) is 29.6 Å². The monoisotopic (exact) mass is 478 g/mol. The van der Waals surface area contributed by atoms with Crippen molar-refractivity contribution in [3.05, 3.63) is 59.7 Å². The van der Waals surface area contributed by atoms with E-state index >= 15 is 0 Å². The first-order valence-electron chi connectivity index (χ1n) is 12.2. The van der Waals surface area contributed by atoms with Crippen molar-refractivity contribution >= 4 is 18.0 Å². The second kappa shape index (κ2) is 10.1. The van der Waals surface area contributed by atoms with E-state index in [0.717, 1.165) is 11.1 Å². The average molecular weight is 479 g/mol. The molecule has 2 fully saturated rings. The van der Waals surface area contributed by atoms with Gasteiger partial charge in [0.2, 0.25) is 5.91 Å². The van der Waals surface area contributed by atoms with E-state index in [0.29, 0.717) is 32.4 Å². The maximum absolute atomic E-state index is 13.1. The topological polar surface area (TPSA) is 105 Å². The van der Waals surface area contributed by atoms with Crippen molar-refractivity contribution in [3.8, 4) is 11.1 Å². The summed E-state index contributed by atoms with van der Waals surface area (Å²) in [5.41, 5.74) is 4.68. The fourth-order valence-corrected chi connectivity index (χ4v) is 5.69. The summed E-state index contributed by atoms with van der Waals surface area (Å²) in [6, 6.07) is 15.8. The number of aliphatic carboxylic acids is 1. The van der Waals surface area contributed by atoms with Gasteiger partial charge in [-0.2, -0.15) is 0 Å². The van der Waals surface area contributed by atoms with E-state index in [1.807, 2.05) is 24.3 Å². The minimum Gasteiger partial charge on any atom is -0.481 e. The van der Waals surface area contributed by atoms with Gasteiger partial charge in [-0.25, -0.2) is 4.79 Å². The molecule has 184 valence electrons. The zero-order chi connectivity index (χ0) is 24.4. The molecule has 1 saturated heterocycles. The Kier molecular flexibility index (Phi) is 6.72. The van der Waals surface area contributed by atoms with Crippen molar-refractivity contribution in [2.45, 2.75) is 43.7 Å². The summed E-state index contributed by atoms with van der Waals surface area (Å²) in [5.74, 6) is -1.22. The minimum absolute atomic E-state index is 0.00135. The number of rotatable bonds is 6. The summed E-state index contributed by atoms with van der Waals surface area (Å²) < 4.78 is 11.0. The van der Waals surface area contributed by atoms with Crippen LogP contribution in [0.25, 0.3) is 11.1 Å². The molecule has 8 nitrogen and oxygen atoms in total. The number of carbonyl (C=O) groups is 3. The van der Waals surface area contributed by atoms with Crippen LogP contribution in [-0.4, -0.2) is 66.4 Å². The van der Waals surface area contributed by atoms with Crippen molar-refractivity contribution in [1.29, 1.82) is 0 Å². The molecule has 0 spiro atoms. The number of hydrogen-bond donors (Lipinski definition) is 2. The largest absolute Gasteiger partial charge is 0.481 e. The number of nitrogens with one attached hydrogen (secondary N) is 1. The molecule has 3 aliphatic rings. The maximum atomic E-state index is 13.1. The number of amides is 2. The number of benzene rings is 2. The van der Waals surface area contributed by atoms with Gasteiger partial charge in [0.05, 0.1) is 25.7 Å². The molecule has 2 N–H and O–H groups in total. The molecule has 35 heavy (non-hydrogen) atoms. The molecule has 0 bridgehead atoms. The number of nitrogens with zero attached hydrogens (tertiary/aromatic N) is 1. The average Bonchev–Trinajstić information content (AvgIpc) is 3.45. The van der Waals surface area contributed by atoms with Gasteiger partial charge in [0, 0.05) is 24.4 Å². The van der Waals surface area contributed by atoms with Gasteiger partial charge < -0.3 is 24.8 Å². The Morgan fingerprint density at radius 2 is 1.71 bits per heavy atom. The van der Waals surface area contributed by atoms with E-state index in [1.54, 1.807) is 4.90 Å². The lowest BCUT2D eigenvalue weighted by Crippen LogP contribution is -2.51. The van der Waals surface area contributed by atoms with Crippen LogP contribution >= 0.6 is 0 Å². The Balaban J connectivity index is 1.15. The third-order valence-corrected chi connectivity index (χ3v) is 7.37. The SMILES string of the molecule is O=C(O)CC1COCCN1C(=O)[C@@H]1CC[C@H](NC(=O)OCC2c3ccccc3-c3ccccc32)C1. The van der Waals surface area contributed by atoms with Gasteiger partial charge in [-0.05, 0) is 41.5 Å². The molecular weight excluding hydrogens is 448 g/mol. The molecule has 2 aromatic rings. The van der Waals surface area contributed by atoms with Crippen molar-refractivity contribution in [2.75, 3.05) is 26.4 Å². The number of carbonyl (C=O) groups excluding carboxylic acids is 2. The second-order valence-corrected chi connectivity index (χ2v) is 9.54. The molecule has 2 amide bonds. The van der Waals surface area contributed by atoms with Crippen LogP contribution in [0.1, 0.15) is 42.7 Å². The second-order valence-electron chi connectivity index (χ2n) is 9.54. The smallest absolute Gasteiger partial charge is 0.407 e. The van der Waals surface area contributed by atoms with E-state index < -0.39 is 18.1 Å². The number of hydrogen-bond acceptors (Lipinski definition) is 5. The van der Waals surface area contributed by atoms with Gasteiger partial charge in [0.1, 0.15) is 6.61 Å². The summed E-state index contributed by atoms with van der Waals surface area (Å²) in [6.07, 6.45) is 1.28. The number of ether oxygens (including phenoxy) is 2. The van der Waals surface area contributed by atoms with E-state index in [4.69, 9.17) is 14.6 Å². The van der Waals surface area contributed by atoms with Crippen molar-refractivity contribution in [3.63, 3.8) is 0 Å². The Morgan fingerprint density at radius 1 is 1.03 bits per heavy atom. The first kappa shape index (κ1) is 23.4. The zero-order valence-electron chi connectivity index (χ0n) is 19.5. The lowest BCUT2D eigenvalue weighted by molar-refractivity contribution is -0.149. The molecule has 1 heterocycles. The van der Waals surface area contributed by atoms with Crippen LogP contribution in [0.5, 0.6) is 0 Å². The van der Waals surface area contributed by atoms with Crippen LogP contribution in [0.15, 0.2) is 48.5 Å². The van der Waals surface area contributed by atoms with Gasteiger partial charge in [0.15, 0.2) is 0 Å². The predicted molar refractivity (Wildman–Crippen MR) is 128 cm³/mol. The van der Waals surface area contributed by atoms with Gasteiger partial charge in [-0.15, -0.1) is 0 Å². The molecular formula is C27H30N2O6. The molecule has 2 aromatic carbocycles. The first-order valence-corrected chi connectivity index (χ1v) is 12.2. The Bertz CT molecular complexity index is 1070. The number of alkyl carbamates (subject to hydrolysis) is 1. The highest BCUT2D eigenvalue weighted by Gasteiger charge is 2.38. The molecule has 2 aliphatic carbocycles. The molecule has 0 aromatic heterocycles. The Labute approximate surface area is 204 Å². The fraction of sp³-hybridized carbons (Fsp3) is 0.444. The summed E-state index contributed by atoms with van der Waals surface area (Å²) in [7, 11) is 0. The summed E-state index contributed by atoms with van der Waals surface area (Å²) in [5, 5.41) is 12.1. The fourth-order valence-electron chi connectivity index (χ4n) is 5.69. The summed E-state index contributed by atoms with van der Waals surface area (Å²) >= 11 is 0. The van der Waals surface area contributed by atoms with E-state index in [1.165, 1.54) is 11.1 Å². The van der Waals surface area contributed by atoms with Crippen LogP contribution < -0.4 is 5.32 Å². The van der Waals surface area contributed by atoms with E-state index in [-0.39, 0.29) is 43.4 Å². The molecule has 0 radical (unpaired) electrons. The molecule has 3 atom stereocenters. The molecule has 1 aliphatic heterocycles. The lowest BCUT2D eigenvalue weighted by Gasteiger charge is -2.36. The van der Waals surface area contributed by atoms with Crippen LogP contribution in [0.3, 0.4) is 0 Å². The predicted octanol–water partition coefficient (Wildman–Crippen LogP) is 3.40. The van der Waals surface area contributed by atoms with Crippen LogP contribution in [0.4, 0.5) is 4.79 Å². The molecule has 1 saturated carbocycles. The van der Waals surface area contributed by atoms with E-state index in [9.17, 15) is 14.4 Å².